The number of halogens is 7. The molecule has 0 aromatic rings. The van der Waals surface area contributed by atoms with Crippen molar-refractivity contribution >= 4 is 29.7 Å². The van der Waals surface area contributed by atoms with E-state index < -0.39 is 14.2 Å². The van der Waals surface area contributed by atoms with Crippen LogP contribution in [0.4, 0.5) is 25.2 Å². The van der Waals surface area contributed by atoms with Gasteiger partial charge in [0.05, 0.1) is 0 Å². The second-order valence-corrected chi connectivity index (χ2v) is 16.9. The second-order valence-electron chi connectivity index (χ2n) is 9.45. The third-order valence-electron chi connectivity index (χ3n) is 6.02. The van der Waals surface area contributed by atoms with E-state index in [0.717, 1.165) is 6.54 Å². The molecule has 0 spiro atoms. The van der Waals surface area contributed by atoms with Crippen LogP contribution in [0.15, 0.2) is 0 Å². The molecular formula is C20H43BrF6N4P2. The van der Waals surface area contributed by atoms with Gasteiger partial charge in [-0.05, 0) is 72.8 Å². The molecule has 0 saturated carbocycles. The van der Waals surface area contributed by atoms with E-state index in [9.17, 15) is 25.2 Å². The molecule has 3 aliphatic heterocycles. The first-order valence-electron chi connectivity index (χ1n) is 12.0. The van der Waals surface area contributed by atoms with Gasteiger partial charge < -0.3 is 0 Å². The Morgan fingerprint density at radius 3 is 1.00 bits per heavy atom. The standard InChI is InChI=1S/C12H24BrN3P.C8H19N.F6P/c13-17(14-7-1-2-8-14,15-9-3-4-10-15)16-11-5-6-12-16;1-6-9(7(2)3)8(4)5;1-7(2,3,4,5)6/h1-12H2;7-8H,6H2,1-5H3;/q+1;;-1. The molecule has 0 N–H and O–H groups in total. The van der Waals surface area contributed by atoms with Gasteiger partial charge in [-0.1, -0.05) is 6.92 Å². The zero-order valence-corrected chi connectivity index (χ0v) is 24.1. The van der Waals surface area contributed by atoms with Gasteiger partial charge in [-0.3, -0.25) is 4.90 Å². The van der Waals surface area contributed by atoms with Gasteiger partial charge >= 0.3 is 33.0 Å². The Morgan fingerprint density at radius 2 is 0.879 bits per heavy atom. The van der Waals surface area contributed by atoms with Crippen molar-refractivity contribution in [2.45, 2.75) is 85.2 Å². The van der Waals surface area contributed by atoms with Crippen LogP contribution < -0.4 is 0 Å². The van der Waals surface area contributed by atoms with E-state index in [1.165, 1.54) is 77.8 Å². The summed E-state index contributed by atoms with van der Waals surface area (Å²) in [6.07, 6.45) is 7.09. The van der Waals surface area contributed by atoms with E-state index in [1.807, 2.05) is 0 Å². The Kier molecular flexibility index (Phi) is 11.4. The first-order valence-corrected chi connectivity index (χ1v) is 17.7. The third kappa shape index (κ3) is 12.5. The van der Waals surface area contributed by atoms with Crippen LogP contribution in [0.3, 0.4) is 0 Å². The molecule has 0 aliphatic carbocycles. The predicted octanol–water partition coefficient (Wildman–Crippen LogP) is 8.85. The average molecular weight is 595 g/mol. The summed E-state index contributed by atoms with van der Waals surface area (Å²) >= 11 is 4.25. The number of hydrogen-bond acceptors (Lipinski definition) is 4. The molecule has 0 amide bonds. The van der Waals surface area contributed by atoms with Crippen LogP contribution in [0.2, 0.25) is 0 Å². The molecule has 0 unspecified atom stereocenters. The van der Waals surface area contributed by atoms with Crippen molar-refractivity contribution in [2.75, 3.05) is 45.8 Å². The molecule has 3 rings (SSSR count). The molecule has 0 radical (unpaired) electrons. The van der Waals surface area contributed by atoms with Crippen molar-refractivity contribution in [3.63, 3.8) is 0 Å². The molecular weight excluding hydrogens is 552 g/mol. The van der Waals surface area contributed by atoms with Crippen LogP contribution in [-0.2, 0) is 0 Å². The van der Waals surface area contributed by atoms with Crippen LogP contribution in [0.25, 0.3) is 0 Å². The Morgan fingerprint density at radius 1 is 0.667 bits per heavy atom. The molecule has 3 saturated heterocycles. The van der Waals surface area contributed by atoms with Crippen molar-refractivity contribution in [2.24, 2.45) is 0 Å². The summed E-state index contributed by atoms with van der Waals surface area (Å²) in [6, 6.07) is 1.38. The van der Waals surface area contributed by atoms with E-state index in [1.54, 1.807) is 0 Å². The molecule has 0 atom stereocenters. The molecule has 0 bridgehead atoms. The predicted molar refractivity (Wildman–Crippen MR) is 134 cm³/mol. The van der Waals surface area contributed by atoms with Crippen molar-refractivity contribution in [1.82, 2.24) is 18.9 Å². The summed E-state index contributed by atoms with van der Waals surface area (Å²) in [5.41, 5.74) is 0. The van der Waals surface area contributed by atoms with Gasteiger partial charge in [0.25, 0.3) is 6.42 Å². The van der Waals surface area contributed by atoms with Crippen LogP contribution in [-0.4, -0.2) is 76.8 Å². The van der Waals surface area contributed by atoms with Crippen LogP contribution in [0, 0.1) is 0 Å². The maximum atomic E-state index is 9.87. The summed E-state index contributed by atoms with van der Waals surface area (Å²) in [4.78, 5) is 2.46. The molecule has 4 nitrogen and oxygen atoms in total. The first-order chi connectivity index (χ1) is 14.9. The molecule has 33 heavy (non-hydrogen) atoms. The van der Waals surface area contributed by atoms with E-state index in [-0.39, 0.29) is 0 Å². The molecule has 202 valence electrons. The van der Waals surface area contributed by atoms with Gasteiger partial charge in [0.15, 0.2) is 0 Å². The molecule has 3 aliphatic rings. The monoisotopic (exact) mass is 594 g/mol. The fourth-order valence-electron chi connectivity index (χ4n) is 4.73. The number of rotatable bonds is 6. The van der Waals surface area contributed by atoms with Gasteiger partial charge in [0, 0.05) is 51.4 Å². The van der Waals surface area contributed by atoms with Crippen molar-refractivity contribution in [1.29, 1.82) is 0 Å². The quantitative estimate of drug-likeness (QED) is 0.225. The zero-order valence-electron chi connectivity index (χ0n) is 20.7. The van der Waals surface area contributed by atoms with Crippen molar-refractivity contribution in [3.8, 4) is 0 Å². The third-order valence-corrected chi connectivity index (χ3v) is 13.4. The molecule has 3 heterocycles. The van der Waals surface area contributed by atoms with Crippen LogP contribution in [0.5, 0.6) is 0 Å². The minimum absolute atomic E-state index is 0.690. The fourth-order valence-corrected chi connectivity index (χ4v) is 11.0. The van der Waals surface area contributed by atoms with Crippen molar-refractivity contribution in [3.05, 3.63) is 0 Å². The Hall–Kier alpha value is 0.760. The molecule has 13 heteroatoms. The van der Waals surface area contributed by atoms with Gasteiger partial charge in [-0.15, -0.1) is 14.0 Å². The SMILES string of the molecule is Br[P+](N1CCCC1)(N1CCCC1)N1CCCC1.CCN(C(C)C)C(C)C.F[P-](F)(F)(F)(F)F. The van der Waals surface area contributed by atoms with E-state index >= 15 is 0 Å². The van der Waals surface area contributed by atoms with E-state index in [4.69, 9.17) is 0 Å². The second kappa shape index (κ2) is 11.9. The zero-order chi connectivity index (χ0) is 25.6. The van der Waals surface area contributed by atoms with Gasteiger partial charge in [-0.2, -0.15) is 0 Å². The summed E-state index contributed by atoms with van der Waals surface area (Å²) in [5, 5.41) is 0. The maximum absolute atomic E-state index is 10.7. The topological polar surface area (TPSA) is 13.0 Å². The van der Waals surface area contributed by atoms with Gasteiger partial charge in [0.2, 0.25) is 15.5 Å². The van der Waals surface area contributed by atoms with Crippen molar-refractivity contribution < 1.29 is 25.2 Å². The summed E-state index contributed by atoms with van der Waals surface area (Å²) in [6.45, 7) is 20.2. The molecule has 0 aromatic heterocycles. The average Bonchev–Trinajstić information content (AvgIpc) is 3.43. The number of nitrogens with zero attached hydrogens (tertiary/aromatic N) is 4. The van der Waals surface area contributed by atoms with Gasteiger partial charge in [0.1, 0.15) is 0 Å². The van der Waals surface area contributed by atoms with Crippen LogP contribution in [0.1, 0.15) is 73.1 Å². The number of hydrogen-bond donors (Lipinski definition) is 0. The minimum atomic E-state index is -10.7. The Labute approximate surface area is 204 Å². The summed E-state index contributed by atoms with van der Waals surface area (Å²) in [5.74, 6) is 0. The van der Waals surface area contributed by atoms with E-state index in [0.29, 0.717) is 12.1 Å². The fraction of sp³-hybridized carbons (Fsp3) is 1.00. The summed E-state index contributed by atoms with van der Waals surface area (Å²) < 4.78 is 67.5. The molecule has 0 aromatic carbocycles. The van der Waals surface area contributed by atoms with E-state index in [2.05, 4.69) is 69.0 Å². The Bertz CT molecular complexity index is 516. The van der Waals surface area contributed by atoms with Crippen LogP contribution >= 0.6 is 29.7 Å². The molecule has 3 fully saturated rings. The summed E-state index contributed by atoms with van der Waals surface area (Å²) in [7, 11) is -10.7. The normalized spacial score (nSPS) is 23.4. The van der Waals surface area contributed by atoms with Gasteiger partial charge in [-0.25, -0.2) is 0 Å². The first kappa shape index (κ1) is 31.8. The Balaban J connectivity index is 0.000000289.